The number of esters is 4. The maximum Gasteiger partial charge on any atom is 0.472 e. The number of aliphatic hydroxyl groups is 1. The van der Waals surface area contributed by atoms with Gasteiger partial charge in [0.2, 0.25) is 0 Å². The van der Waals surface area contributed by atoms with Gasteiger partial charge in [-0.25, -0.2) is 9.13 Å². The summed E-state index contributed by atoms with van der Waals surface area (Å²) in [5, 5.41) is 10.6. The van der Waals surface area contributed by atoms with E-state index in [0.717, 1.165) is 89.9 Å². The predicted octanol–water partition coefficient (Wildman–Crippen LogP) is 19.1. The summed E-state index contributed by atoms with van der Waals surface area (Å²) in [4.78, 5) is 72.3. The quantitative estimate of drug-likeness (QED) is 0.0222. The summed E-state index contributed by atoms with van der Waals surface area (Å²) < 4.78 is 68.1. The normalized spacial score (nSPS) is 14.1. The molecule has 510 valence electrons. The first-order valence-electron chi connectivity index (χ1n) is 35.3. The van der Waals surface area contributed by atoms with Gasteiger partial charge in [-0.3, -0.25) is 37.3 Å². The van der Waals surface area contributed by atoms with Crippen molar-refractivity contribution in [1.82, 2.24) is 0 Å². The molecule has 0 radical (unpaired) electrons. The molecule has 3 N–H and O–H groups in total. The number of carbonyl (C=O) groups excluding carboxylic acids is 4. The van der Waals surface area contributed by atoms with Crippen LogP contribution in [0.15, 0.2) is 0 Å². The van der Waals surface area contributed by atoms with Gasteiger partial charge >= 0.3 is 39.5 Å². The number of rotatable bonds is 68. The lowest BCUT2D eigenvalue weighted by molar-refractivity contribution is -0.161. The van der Waals surface area contributed by atoms with Crippen LogP contribution in [0.1, 0.15) is 349 Å². The minimum absolute atomic E-state index is 0.107. The molecule has 0 spiro atoms. The Kier molecular flexibility index (Phi) is 60.5. The summed E-state index contributed by atoms with van der Waals surface area (Å²) in [5.41, 5.74) is 0. The van der Waals surface area contributed by atoms with E-state index in [1.54, 1.807) is 0 Å². The largest absolute Gasteiger partial charge is 0.472 e. The van der Waals surface area contributed by atoms with E-state index in [1.807, 2.05) is 0 Å². The Labute approximate surface area is 524 Å². The fourth-order valence-corrected chi connectivity index (χ4v) is 11.7. The molecule has 0 rings (SSSR count). The van der Waals surface area contributed by atoms with Crippen LogP contribution >= 0.6 is 15.6 Å². The smallest absolute Gasteiger partial charge is 0.462 e. The Morgan fingerprint density at radius 1 is 0.279 bits per heavy atom. The van der Waals surface area contributed by atoms with Crippen LogP contribution in [0, 0.1) is 0 Å². The summed E-state index contributed by atoms with van der Waals surface area (Å²) in [5.74, 6) is -2.12. The fourth-order valence-electron chi connectivity index (χ4n) is 10.2. The van der Waals surface area contributed by atoms with Crippen molar-refractivity contribution in [2.75, 3.05) is 39.6 Å². The highest BCUT2D eigenvalue weighted by atomic mass is 31.2. The molecule has 0 aromatic rings. The molecule has 19 heteroatoms. The van der Waals surface area contributed by atoms with Crippen molar-refractivity contribution < 1.29 is 80.2 Å². The number of ether oxygens (including phenoxy) is 4. The van der Waals surface area contributed by atoms with Crippen molar-refractivity contribution in [2.45, 2.75) is 367 Å². The van der Waals surface area contributed by atoms with E-state index in [-0.39, 0.29) is 25.7 Å². The maximum absolute atomic E-state index is 13.0. The molecule has 0 aromatic carbocycles. The summed E-state index contributed by atoms with van der Waals surface area (Å²) in [6.45, 7) is 4.91. The SMILES string of the molecule is CCCCCCCCCCCCCCCCC(=O)O[C@H](COC(=O)CCCCCCCCCCCCCC)COP(=O)(O)OC[C@@H](O)COP(=O)(O)OC[C@@H](COC(=O)CCCCCCCCCCCC)OC(=O)CCCCCCCCCCCC. The Bertz CT molecular complexity index is 1650. The minimum atomic E-state index is -4.95. The van der Waals surface area contributed by atoms with Crippen LogP contribution in [0.2, 0.25) is 0 Å². The highest BCUT2D eigenvalue weighted by Gasteiger charge is 2.30. The molecule has 5 atom stereocenters. The van der Waals surface area contributed by atoms with E-state index in [1.165, 1.54) is 180 Å². The molecule has 0 amide bonds. The first-order valence-corrected chi connectivity index (χ1v) is 38.3. The summed E-state index contributed by atoms with van der Waals surface area (Å²) in [6, 6.07) is 0. The van der Waals surface area contributed by atoms with Crippen molar-refractivity contribution in [3.63, 3.8) is 0 Å². The number of phosphoric acid groups is 2. The van der Waals surface area contributed by atoms with Gasteiger partial charge < -0.3 is 33.8 Å². The minimum Gasteiger partial charge on any atom is -0.462 e. The molecular weight excluding hydrogens is 1140 g/mol. The molecule has 0 saturated carbocycles. The fraction of sp³-hybridized carbons (Fsp3) is 0.940. The van der Waals surface area contributed by atoms with Crippen LogP contribution in [-0.2, 0) is 65.4 Å². The number of carbonyl (C=O) groups is 4. The molecule has 86 heavy (non-hydrogen) atoms. The van der Waals surface area contributed by atoms with Crippen LogP contribution in [0.4, 0.5) is 0 Å². The third-order valence-corrected chi connectivity index (χ3v) is 17.5. The third-order valence-electron chi connectivity index (χ3n) is 15.6. The van der Waals surface area contributed by atoms with Gasteiger partial charge in [-0.1, -0.05) is 297 Å². The van der Waals surface area contributed by atoms with E-state index in [2.05, 4.69) is 27.7 Å². The molecule has 0 aromatic heterocycles. The van der Waals surface area contributed by atoms with Gasteiger partial charge in [0.15, 0.2) is 12.2 Å². The zero-order chi connectivity index (χ0) is 63.3. The van der Waals surface area contributed by atoms with Gasteiger partial charge in [0, 0.05) is 25.7 Å². The Morgan fingerprint density at radius 3 is 0.686 bits per heavy atom. The van der Waals surface area contributed by atoms with Gasteiger partial charge in [-0.2, -0.15) is 0 Å². The molecule has 0 fully saturated rings. The first-order chi connectivity index (χ1) is 41.7. The molecule has 0 bridgehead atoms. The topological polar surface area (TPSA) is 237 Å². The lowest BCUT2D eigenvalue weighted by Crippen LogP contribution is -2.30. The highest BCUT2D eigenvalue weighted by molar-refractivity contribution is 7.47. The third kappa shape index (κ3) is 60.9. The van der Waals surface area contributed by atoms with E-state index >= 15 is 0 Å². The Balaban J connectivity index is 5.23. The van der Waals surface area contributed by atoms with E-state index in [9.17, 15) is 43.2 Å². The van der Waals surface area contributed by atoms with Crippen molar-refractivity contribution in [3.8, 4) is 0 Å². The maximum atomic E-state index is 13.0. The Morgan fingerprint density at radius 2 is 0.465 bits per heavy atom. The standard InChI is InChI=1S/C67H130O17P2/c1-5-9-13-17-21-25-29-31-32-34-38-42-46-50-54-67(72)84-63(58-78-65(70)52-48-44-40-37-33-30-26-22-18-14-10-6-2)60-82-86(75,76)80-56-61(68)55-79-85(73,74)81-59-62(83-66(71)53-49-45-41-36-28-24-20-16-12-8-4)57-77-64(69)51-47-43-39-35-27-23-19-15-11-7-3/h61-63,68H,5-60H2,1-4H3,(H,73,74)(H,75,76)/t61-,62+,63+/m0/s1. The zero-order valence-electron chi connectivity index (χ0n) is 55.3. The second-order valence-corrected chi connectivity index (χ2v) is 27.1. The summed E-state index contributed by atoms with van der Waals surface area (Å²) in [7, 11) is -9.89. The van der Waals surface area contributed by atoms with Gasteiger partial charge in [0.25, 0.3) is 0 Å². The molecule has 17 nitrogen and oxygen atoms in total. The van der Waals surface area contributed by atoms with Crippen LogP contribution in [0.25, 0.3) is 0 Å². The van der Waals surface area contributed by atoms with E-state index in [0.29, 0.717) is 25.7 Å². The average molecular weight is 1270 g/mol. The van der Waals surface area contributed by atoms with E-state index < -0.39 is 97.5 Å². The van der Waals surface area contributed by atoms with Crippen LogP contribution in [0.3, 0.4) is 0 Å². The van der Waals surface area contributed by atoms with E-state index in [4.69, 9.17) is 37.0 Å². The molecule has 2 unspecified atom stereocenters. The molecular formula is C67H130O17P2. The lowest BCUT2D eigenvalue weighted by atomic mass is 10.0. The van der Waals surface area contributed by atoms with Crippen molar-refractivity contribution in [3.05, 3.63) is 0 Å². The van der Waals surface area contributed by atoms with Crippen LogP contribution < -0.4 is 0 Å². The predicted molar refractivity (Wildman–Crippen MR) is 345 cm³/mol. The Hall–Kier alpha value is -1.94. The number of aliphatic hydroxyl groups excluding tert-OH is 1. The number of hydrogen-bond donors (Lipinski definition) is 3. The van der Waals surface area contributed by atoms with Crippen molar-refractivity contribution >= 4 is 39.5 Å². The van der Waals surface area contributed by atoms with Crippen LogP contribution in [-0.4, -0.2) is 96.7 Å². The average Bonchev–Trinajstić information content (AvgIpc) is 3.56. The van der Waals surface area contributed by atoms with Crippen molar-refractivity contribution in [1.29, 1.82) is 0 Å². The second kappa shape index (κ2) is 61.9. The first kappa shape index (κ1) is 84.1. The zero-order valence-corrected chi connectivity index (χ0v) is 57.1. The molecule has 0 heterocycles. The molecule has 0 saturated heterocycles. The second-order valence-electron chi connectivity index (χ2n) is 24.2. The monoisotopic (exact) mass is 1270 g/mol. The number of hydrogen-bond acceptors (Lipinski definition) is 15. The summed E-state index contributed by atoms with van der Waals surface area (Å²) >= 11 is 0. The van der Waals surface area contributed by atoms with Crippen LogP contribution in [0.5, 0.6) is 0 Å². The number of phosphoric ester groups is 2. The van der Waals surface area contributed by atoms with Gasteiger partial charge in [0.05, 0.1) is 26.4 Å². The number of unbranched alkanes of at least 4 members (excludes halogenated alkanes) is 42. The molecule has 0 aliphatic heterocycles. The van der Waals surface area contributed by atoms with Gasteiger partial charge in [0.1, 0.15) is 19.3 Å². The molecule has 0 aliphatic rings. The lowest BCUT2D eigenvalue weighted by Gasteiger charge is -2.21. The van der Waals surface area contributed by atoms with Gasteiger partial charge in [-0.05, 0) is 25.7 Å². The summed E-state index contributed by atoms with van der Waals surface area (Å²) in [6.07, 6.45) is 48.4. The van der Waals surface area contributed by atoms with Crippen molar-refractivity contribution in [2.24, 2.45) is 0 Å². The highest BCUT2D eigenvalue weighted by Crippen LogP contribution is 2.45. The van der Waals surface area contributed by atoms with Gasteiger partial charge in [-0.15, -0.1) is 0 Å². The molecule has 0 aliphatic carbocycles.